The molecule has 0 amide bonds. The van der Waals surface area contributed by atoms with E-state index < -0.39 is 5.97 Å². The highest BCUT2D eigenvalue weighted by molar-refractivity contribution is 5.70. The monoisotopic (exact) mass is 315 g/mol. The highest BCUT2D eigenvalue weighted by atomic mass is 16.7. The number of nitrogens with zero attached hydrogens (tertiary/aromatic N) is 1. The molecule has 0 aliphatic carbocycles. The lowest BCUT2D eigenvalue weighted by Crippen LogP contribution is -2.48. The second-order valence-corrected chi connectivity index (χ2v) is 6.10. The van der Waals surface area contributed by atoms with Crippen molar-refractivity contribution in [1.29, 1.82) is 0 Å². The van der Waals surface area contributed by atoms with E-state index in [9.17, 15) is 4.79 Å². The van der Waals surface area contributed by atoms with Gasteiger partial charge in [-0.1, -0.05) is 27.7 Å². The fourth-order valence-electron chi connectivity index (χ4n) is 2.85. The van der Waals surface area contributed by atoms with Crippen LogP contribution < -0.4 is 0 Å². The number of ether oxygens (including phenoxy) is 2. The van der Waals surface area contributed by atoms with Crippen LogP contribution in [0.3, 0.4) is 0 Å². The maximum absolute atomic E-state index is 11.1. The molecule has 0 spiro atoms. The molecule has 5 heteroatoms. The fourth-order valence-corrected chi connectivity index (χ4v) is 2.85. The predicted octanol–water partition coefficient (Wildman–Crippen LogP) is 3.48. The van der Waals surface area contributed by atoms with Crippen molar-refractivity contribution in [2.45, 2.75) is 84.8 Å². The number of likely N-dealkylation sites (tertiary alicyclic amines) is 1. The number of aliphatic carboxylic acids is 1. The fraction of sp³-hybridized carbons (Fsp3) is 0.941. The van der Waals surface area contributed by atoms with Crippen molar-refractivity contribution >= 4 is 5.97 Å². The van der Waals surface area contributed by atoms with Crippen LogP contribution in [0.15, 0.2) is 0 Å². The first kappa shape index (κ1) is 19.4. The van der Waals surface area contributed by atoms with Crippen molar-refractivity contribution in [3.8, 4) is 0 Å². The van der Waals surface area contributed by atoms with E-state index in [0.29, 0.717) is 12.8 Å². The van der Waals surface area contributed by atoms with Gasteiger partial charge in [-0.3, -0.25) is 9.69 Å². The largest absolute Gasteiger partial charge is 0.481 e. The normalized spacial score (nSPS) is 17.8. The van der Waals surface area contributed by atoms with E-state index in [1.54, 1.807) is 0 Å². The Kier molecular flexibility index (Phi) is 8.98. The van der Waals surface area contributed by atoms with Crippen molar-refractivity contribution in [3.05, 3.63) is 0 Å². The molecule has 1 saturated heterocycles. The minimum absolute atomic E-state index is 0.191. The first-order valence-electron chi connectivity index (χ1n) is 8.83. The van der Waals surface area contributed by atoms with Gasteiger partial charge in [-0.2, -0.15) is 0 Å². The third kappa shape index (κ3) is 5.86. The van der Waals surface area contributed by atoms with Crippen molar-refractivity contribution in [2.75, 3.05) is 13.1 Å². The Hall–Kier alpha value is -0.650. The second-order valence-electron chi connectivity index (χ2n) is 6.10. The molecule has 0 unspecified atom stereocenters. The third-order valence-corrected chi connectivity index (χ3v) is 4.62. The lowest BCUT2D eigenvalue weighted by atomic mass is 9.97. The van der Waals surface area contributed by atoms with Crippen LogP contribution in [-0.2, 0) is 14.3 Å². The van der Waals surface area contributed by atoms with Crippen LogP contribution in [0.4, 0.5) is 0 Å². The van der Waals surface area contributed by atoms with Crippen molar-refractivity contribution in [2.24, 2.45) is 5.92 Å². The van der Waals surface area contributed by atoms with Crippen LogP contribution in [-0.4, -0.2) is 47.7 Å². The molecule has 0 saturated carbocycles. The second kappa shape index (κ2) is 10.2. The SMILES string of the molecule is CCC(CC)OC(OC(CC)CC)N1CCC(C(=O)O)CC1. The van der Waals surface area contributed by atoms with Gasteiger partial charge in [-0.15, -0.1) is 0 Å². The Morgan fingerprint density at radius 1 is 1.00 bits per heavy atom. The Labute approximate surface area is 135 Å². The topological polar surface area (TPSA) is 59.0 Å². The van der Waals surface area contributed by atoms with Crippen LogP contribution in [0.25, 0.3) is 0 Å². The van der Waals surface area contributed by atoms with Crippen LogP contribution in [0.5, 0.6) is 0 Å². The van der Waals surface area contributed by atoms with E-state index in [1.165, 1.54) is 0 Å². The summed E-state index contributed by atoms with van der Waals surface area (Å²) in [7, 11) is 0. The summed E-state index contributed by atoms with van der Waals surface area (Å²) in [5.74, 6) is -0.906. The summed E-state index contributed by atoms with van der Waals surface area (Å²) < 4.78 is 12.3. The lowest BCUT2D eigenvalue weighted by molar-refractivity contribution is -0.269. The molecule has 1 rings (SSSR count). The Bertz CT molecular complexity index is 294. The minimum atomic E-state index is -0.682. The Morgan fingerprint density at radius 2 is 1.41 bits per heavy atom. The van der Waals surface area contributed by atoms with Crippen molar-refractivity contribution in [3.63, 3.8) is 0 Å². The average molecular weight is 315 g/mol. The molecule has 0 atom stereocenters. The van der Waals surface area contributed by atoms with Gasteiger partial charge in [0.15, 0.2) is 0 Å². The molecule has 0 radical (unpaired) electrons. The van der Waals surface area contributed by atoms with E-state index >= 15 is 0 Å². The molecule has 1 heterocycles. The highest BCUT2D eigenvalue weighted by Crippen LogP contribution is 2.23. The summed E-state index contributed by atoms with van der Waals surface area (Å²) in [6.07, 6.45) is 5.23. The molecule has 1 aliphatic heterocycles. The van der Waals surface area contributed by atoms with E-state index in [2.05, 4.69) is 32.6 Å². The first-order valence-corrected chi connectivity index (χ1v) is 8.83. The predicted molar refractivity (Wildman–Crippen MR) is 86.6 cm³/mol. The third-order valence-electron chi connectivity index (χ3n) is 4.62. The molecule has 1 N–H and O–H groups in total. The zero-order valence-corrected chi connectivity index (χ0v) is 14.6. The van der Waals surface area contributed by atoms with Crippen LogP contribution >= 0.6 is 0 Å². The van der Waals surface area contributed by atoms with Gasteiger partial charge >= 0.3 is 5.97 Å². The van der Waals surface area contributed by atoms with E-state index in [-0.39, 0.29) is 24.5 Å². The quantitative estimate of drug-likeness (QED) is 0.625. The minimum Gasteiger partial charge on any atom is -0.481 e. The number of hydrogen-bond acceptors (Lipinski definition) is 4. The molecule has 5 nitrogen and oxygen atoms in total. The van der Waals surface area contributed by atoms with Crippen LogP contribution in [0.1, 0.15) is 66.2 Å². The number of rotatable bonds is 10. The summed E-state index contributed by atoms with van der Waals surface area (Å²) in [6.45, 7) is 9.94. The van der Waals surface area contributed by atoms with Crippen molar-refractivity contribution in [1.82, 2.24) is 4.90 Å². The van der Waals surface area contributed by atoms with Gasteiger partial charge < -0.3 is 14.6 Å². The number of carboxylic acids is 1. The summed E-state index contributed by atoms with van der Waals surface area (Å²) in [4.78, 5) is 13.3. The molecule has 0 aromatic carbocycles. The number of piperidine rings is 1. The molecule has 0 aromatic rings. The average Bonchev–Trinajstić information content (AvgIpc) is 2.55. The Morgan fingerprint density at radius 3 is 1.73 bits per heavy atom. The van der Waals surface area contributed by atoms with Gasteiger partial charge in [-0.25, -0.2) is 0 Å². The number of carboxylic acid groups (broad SMARTS) is 1. The van der Waals surface area contributed by atoms with Gasteiger partial charge in [0.2, 0.25) is 6.41 Å². The van der Waals surface area contributed by atoms with E-state index in [4.69, 9.17) is 14.6 Å². The first-order chi connectivity index (χ1) is 10.5. The van der Waals surface area contributed by atoms with Crippen LogP contribution in [0.2, 0.25) is 0 Å². The highest BCUT2D eigenvalue weighted by Gasteiger charge is 2.31. The van der Waals surface area contributed by atoms with Gasteiger partial charge in [0.05, 0.1) is 18.1 Å². The molecule has 1 aliphatic rings. The molecule has 0 aromatic heterocycles. The maximum atomic E-state index is 11.1. The van der Waals surface area contributed by atoms with E-state index in [0.717, 1.165) is 38.8 Å². The number of carbonyl (C=O) groups is 1. The smallest absolute Gasteiger partial charge is 0.306 e. The molecule has 1 fully saturated rings. The lowest BCUT2D eigenvalue weighted by Gasteiger charge is -2.38. The molecule has 0 bridgehead atoms. The van der Waals surface area contributed by atoms with Gasteiger partial charge in [0, 0.05) is 13.1 Å². The van der Waals surface area contributed by atoms with Gasteiger partial charge in [0.1, 0.15) is 0 Å². The molecular formula is C17H33NO4. The zero-order chi connectivity index (χ0) is 16.5. The standard InChI is InChI=1S/C17H33NO4/c1-5-14(6-2)21-17(22-15(7-3)8-4)18-11-9-13(10-12-18)16(19)20/h13-15,17H,5-12H2,1-4H3,(H,19,20). The molecule has 22 heavy (non-hydrogen) atoms. The van der Waals surface area contributed by atoms with Gasteiger partial charge in [0.25, 0.3) is 0 Å². The van der Waals surface area contributed by atoms with Crippen LogP contribution in [0, 0.1) is 5.92 Å². The molecular weight excluding hydrogens is 282 g/mol. The number of hydrogen-bond donors (Lipinski definition) is 1. The van der Waals surface area contributed by atoms with Crippen molar-refractivity contribution < 1.29 is 19.4 Å². The summed E-state index contributed by atoms with van der Waals surface area (Å²) >= 11 is 0. The van der Waals surface area contributed by atoms with Gasteiger partial charge in [-0.05, 0) is 38.5 Å². The maximum Gasteiger partial charge on any atom is 0.306 e. The van der Waals surface area contributed by atoms with E-state index in [1.807, 2.05) is 0 Å². The molecule has 130 valence electrons. The zero-order valence-electron chi connectivity index (χ0n) is 14.6. The summed E-state index contributed by atoms with van der Waals surface area (Å²) in [5.41, 5.74) is 0. The Balaban J connectivity index is 2.66. The summed E-state index contributed by atoms with van der Waals surface area (Å²) in [6, 6.07) is 0. The summed E-state index contributed by atoms with van der Waals surface area (Å²) in [5, 5.41) is 9.13.